The molecule has 2 aliphatic rings. The fraction of sp³-hybridized carbons (Fsp3) is 0.571. The Labute approximate surface area is 96.5 Å². The summed E-state index contributed by atoms with van der Waals surface area (Å²) in [5.74, 6) is 0. The normalized spacial score (nSPS) is 32.2. The third-order valence-electron chi connectivity index (χ3n) is 4.36. The van der Waals surface area contributed by atoms with E-state index in [1.165, 1.54) is 36.0 Å². The number of aliphatic hydroxyl groups excluding tert-OH is 1. The van der Waals surface area contributed by atoms with E-state index in [-0.39, 0.29) is 11.5 Å². The van der Waals surface area contributed by atoms with Crippen LogP contribution < -0.4 is 5.73 Å². The van der Waals surface area contributed by atoms with Crippen molar-refractivity contribution in [1.82, 2.24) is 0 Å². The van der Waals surface area contributed by atoms with E-state index in [1.54, 1.807) is 0 Å². The summed E-state index contributed by atoms with van der Waals surface area (Å²) < 4.78 is 0. The summed E-state index contributed by atoms with van der Waals surface area (Å²) >= 11 is 0. The molecule has 86 valence electrons. The molecule has 0 heterocycles. The Hall–Kier alpha value is -0.860. The van der Waals surface area contributed by atoms with Crippen LogP contribution in [0.25, 0.3) is 0 Å². The number of nitrogens with two attached hydrogens (primary N) is 1. The smallest absolute Gasteiger partial charge is 0.0558 e. The summed E-state index contributed by atoms with van der Waals surface area (Å²) in [5, 5.41) is 9.57. The SMILES string of the molecule is NCC1(c2cccc3c2CCC3)CC(O)C1. The number of hydrogen-bond acceptors (Lipinski definition) is 2. The molecular formula is C14H19NO. The van der Waals surface area contributed by atoms with Crippen LogP contribution >= 0.6 is 0 Å². The Bertz CT molecular complexity index is 407. The van der Waals surface area contributed by atoms with Gasteiger partial charge in [-0.1, -0.05) is 18.2 Å². The fourth-order valence-electron chi connectivity index (χ4n) is 3.46. The van der Waals surface area contributed by atoms with Gasteiger partial charge in [-0.3, -0.25) is 0 Å². The summed E-state index contributed by atoms with van der Waals surface area (Å²) in [6.07, 6.45) is 5.24. The summed E-state index contributed by atoms with van der Waals surface area (Å²) in [6.45, 7) is 0.667. The van der Waals surface area contributed by atoms with E-state index >= 15 is 0 Å². The molecule has 0 spiro atoms. The molecule has 3 N–H and O–H groups in total. The van der Waals surface area contributed by atoms with Crippen molar-refractivity contribution >= 4 is 0 Å². The van der Waals surface area contributed by atoms with E-state index in [9.17, 15) is 5.11 Å². The van der Waals surface area contributed by atoms with Crippen molar-refractivity contribution in [1.29, 1.82) is 0 Å². The first-order valence-corrected chi connectivity index (χ1v) is 6.24. The highest BCUT2D eigenvalue weighted by molar-refractivity contribution is 5.44. The highest BCUT2D eigenvalue weighted by atomic mass is 16.3. The molecule has 0 unspecified atom stereocenters. The van der Waals surface area contributed by atoms with Crippen LogP contribution in [0.5, 0.6) is 0 Å². The Morgan fingerprint density at radius 3 is 2.81 bits per heavy atom. The minimum absolute atomic E-state index is 0.0785. The van der Waals surface area contributed by atoms with Gasteiger partial charge in [0.25, 0.3) is 0 Å². The average molecular weight is 217 g/mol. The molecule has 2 heteroatoms. The lowest BCUT2D eigenvalue weighted by Gasteiger charge is -2.46. The largest absolute Gasteiger partial charge is 0.393 e. The number of rotatable bonds is 2. The predicted octanol–water partition coefficient (Wildman–Crippen LogP) is 1.53. The molecule has 16 heavy (non-hydrogen) atoms. The van der Waals surface area contributed by atoms with E-state index < -0.39 is 0 Å². The first kappa shape index (κ1) is 10.3. The van der Waals surface area contributed by atoms with Crippen LogP contribution in [-0.2, 0) is 18.3 Å². The van der Waals surface area contributed by atoms with Crippen molar-refractivity contribution in [2.24, 2.45) is 5.73 Å². The summed E-state index contributed by atoms with van der Waals surface area (Å²) in [5.41, 5.74) is 10.5. The highest BCUT2D eigenvalue weighted by Gasteiger charge is 2.45. The lowest BCUT2D eigenvalue weighted by atomic mass is 9.61. The molecule has 0 aromatic heterocycles. The van der Waals surface area contributed by atoms with Crippen molar-refractivity contribution in [3.63, 3.8) is 0 Å². The quantitative estimate of drug-likeness (QED) is 0.789. The highest BCUT2D eigenvalue weighted by Crippen LogP contribution is 2.46. The fourth-order valence-corrected chi connectivity index (χ4v) is 3.46. The van der Waals surface area contributed by atoms with Crippen LogP contribution in [0.4, 0.5) is 0 Å². The van der Waals surface area contributed by atoms with Crippen LogP contribution in [0.2, 0.25) is 0 Å². The summed E-state index contributed by atoms with van der Waals surface area (Å²) in [4.78, 5) is 0. The Morgan fingerprint density at radius 1 is 1.31 bits per heavy atom. The van der Waals surface area contributed by atoms with Crippen LogP contribution in [0, 0.1) is 0 Å². The molecule has 1 aromatic rings. The van der Waals surface area contributed by atoms with E-state index in [0.29, 0.717) is 6.54 Å². The van der Waals surface area contributed by atoms with Gasteiger partial charge >= 0.3 is 0 Å². The van der Waals surface area contributed by atoms with E-state index in [1.807, 2.05) is 0 Å². The van der Waals surface area contributed by atoms with Crippen LogP contribution in [-0.4, -0.2) is 17.8 Å². The summed E-state index contributed by atoms with van der Waals surface area (Å²) in [6, 6.07) is 6.62. The number of benzene rings is 1. The zero-order chi connectivity index (χ0) is 11.2. The average Bonchev–Trinajstić information content (AvgIpc) is 2.72. The van der Waals surface area contributed by atoms with Crippen molar-refractivity contribution in [3.05, 3.63) is 34.9 Å². The first-order chi connectivity index (χ1) is 7.75. The topological polar surface area (TPSA) is 46.2 Å². The van der Waals surface area contributed by atoms with Gasteiger partial charge in [0.05, 0.1) is 6.10 Å². The number of aliphatic hydroxyl groups is 1. The van der Waals surface area contributed by atoms with Crippen LogP contribution in [0.3, 0.4) is 0 Å². The van der Waals surface area contributed by atoms with Crippen molar-refractivity contribution < 1.29 is 5.11 Å². The third-order valence-corrected chi connectivity index (χ3v) is 4.36. The molecule has 0 saturated heterocycles. The van der Waals surface area contributed by atoms with Crippen molar-refractivity contribution in [2.45, 2.75) is 43.6 Å². The van der Waals surface area contributed by atoms with Crippen LogP contribution in [0.15, 0.2) is 18.2 Å². The third kappa shape index (κ3) is 1.33. The Kier molecular flexibility index (Phi) is 2.30. The van der Waals surface area contributed by atoms with Crippen LogP contribution in [0.1, 0.15) is 36.0 Å². The van der Waals surface area contributed by atoms with Gasteiger partial charge in [-0.15, -0.1) is 0 Å². The Balaban J connectivity index is 2.03. The molecule has 0 radical (unpaired) electrons. The number of fused-ring (bicyclic) bond motifs is 1. The van der Waals surface area contributed by atoms with Crippen molar-refractivity contribution in [3.8, 4) is 0 Å². The molecule has 2 nitrogen and oxygen atoms in total. The van der Waals surface area contributed by atoms with Gasteiger partial charge < -0.3 is 10.8 Å². The minimum Gasteiger partial charge on any atom is -0.393 e. The molecule has 0 atom stereocenters. The lowest BCUT2D eigenvalue weighted by Crippen LogP contribution is -2.50. The van der Waals surface area contributed by atoms with Gasteiger partial charge in [0, 0.05) is 12.0 Å². The molecule has 3 rings (SSSR count). The zero-order valence-corrected chi connectivity index (χ0v) is 9.58. The van der Waals surface area contributed by atoms with Gasteiger partial charge in [0.1, 0.15) is 0 Å². The van der Waals surface area contributed by atoms with E-state index in [0.717, 1.165) is 12.8 Å². The number of aryl methyl sites for hydroxylation is 1. The van der Waals surface area contributed by atoms with Gasteiger partial charge in [-0.05, 0) is 48.8 Å². The number of hydrogen-bond donors (Lipinski definition) is 2. The monoisotopic (exact) mass is 217 g/mol. The van der Waals surface area contributed by atoms with Gasteiger partial charge in [-0.2, -0.15) is 0 Å². The van der Waals surface area contributed by atoms with E-state index in [2.05, 4.69) is 18.2 Å². The second-order valence-corrected chi connectivity index (χ2v) is 5.34. The second-order valence-electron chi connectivity index (χ2n) is 5.34. The van der Waals surface area contributed by atoms with E-state index in [4.69, 9.17) is 5.73 Å². The second kappa shape index (κ2) is 3.57. The maximum atomic E-state index is 9.57. The summed E-state index contributed by atoms with van der Waals surface area (Å²) in [7, 11) is 0. The van der Waals surface area contributed by atoms with Gasteiger partial charge in [0.15, 0.2) is 0 Å². The standard InChI is InChI=1S/C14H19NO/c15-9-14(7-11(16)8-14)13-6-2-4-10-3-1-5-12(10)13/h2,4,6,11,16H,1,3,5,7-9,15H2. The minimum atomic E-state index is -0.138. The molecule has 1 saturated carbocycles. The molecule has 0 bridgehead atoms. The van der Waals surface area contributed by atoms with Gasteiger partial charge in [0.2, 0.25) is 0 Å². The first-order valence-electron chi connectivity index (χ1n) is 6.24. The predicted molar refractivity (Wildman–Crippen MR) is 64.4 cm³/mol. The molecule has 1 aromatic carbocycles. The maximum Gasteiger partial charge on any atom is 0.0558 e. The molecular weight excluding hydrogens is 198 g/mol. The van der Waals surface area contributed by atoms with Crippen molar-refractivity contribution in [2.75, 3.05) is 6.54 Å². The lowest BCUT2D eigenvalue weighted by molar-refractivity contribution is 0.0218. The Morgan fingerprint density at radius 2 is 2.12 bits per heavy atom. The molecule has 0 amide bonds. The van der Waals surface area contributed by atoms with Gasteiger partial charge in [-0.25, -0.2) is 0 Å². The molecule has 0 aliphatic heterocycles. The molecule has 2 aliphatic carbocycles. The molecule has 1 fully saturated rings. The maximum absolute atomic E-state index is 9.57. The zero-order valence-electron chi connectivity index (χ0n) is 9.58.